The molecule has 3 rings (SSSR count). The first kappa shape index (κ1) is 12.9. The fraction of sp³-hybridized carbons (Fsp3) is 0.0714. The van der Waals surface area contributed by atoms with E-state index in [0.717, 1.165) is 15.8 Å². The van der Waals surface area contributed by atoms with Gasteiger partial charge in [-0.2, -0.15) is 0 Å². The molecule has 0 amide bonds. The van der Waals surface area contributed by atoms with Gasteiger partial charge in [0.15, 0.2) is 5.82 Å². The zero-order chi connectivity index (χ0) is 14.1. The maximum Gasteiger partial charge on any atom is 0.182 e. The van der Waals surface area contributed by atoms with E-state index in [1.54, 1.807) is 12.1 Å². The van der Waals surface area contributed by atoms with E-state index < -0.39 is 0 Å². The summed E-state index contributed by atoms with van der Waals surface area (Å²) in [6.07, 6.45) is 1.87. The fourth-order valence-electron chi connectivity index (χ4n) is 1.89. The topological polar surface area (TPSA) is 42.0 Å². The van der Waals surface area contributed by atoms with Crippen LogP contribution < -0.4 is 0 Å². The number of hydrogen-bond acceptors (Lipinski definition) is 3. The summed E-state index contributed by atoms with van der Waals surface area (Å²) < 4.78 is 15.8. The number of rotatable bonds is 2. The van der Waals surface area contributed by atoms with Gasteiger partial charge in [0.2, 0.25) is 0 Å². The smallest absolute Gasteiger partial charge is 0.182 e. The lowest BCUT2D eigenvalue weighted by atomic mass is 10.3. The summed E-state index contributed by atoms with van der Waals surface area (Å²) in [6, 6.07) is 9.80. The van der Waals surface area contributed by atoms with Gasteiger partial charge in [0, 0.05) is 16.7 Å². The minimum atomic E-state index is -0.334. The Morgan fingerprint density at radius 1 is 1.20 bits per heavy atom. The van der Waals surface area contributed by atoms with Gasteiger partial charge in [-0.05, 0) is 47.1 Å². The van der Waals surface area contributed by atoms with Crippen molar-refractivity contribution in [1.29, 1.82) is 0 Å². The van der Waals surface area contributed by atoms with E-state index in [-0.39, 0.29) is 5.82 Å². The van der Waals surface area contributed by atoms with Gasteiger partial charge in [0.05, 0.1) is 11.4 Å². The highest BCUT2D eigenvalue weighted by atomic mass is 79.9. The van der Waals surface area contributed by atoms with Gasteiger partial charge in [-0.15, -0.1) is 10.2 Å². The maximum atomic E-state index is 13.1. The minimum Gasteiger partial charge on any atom is -0.282 e. The molecule has 4 nitrogen and oxygen atoms in total. The standard InChI is InChI=1S/C14H10BrFN4/c1-9-14(19-18-12-4-2-3-11(16)7-12)20-8-10(15)5-6-13(20)17-9/h2-8H,1H3. The Kier molecular flexibility index (Phi) is 3.31. The van der Waals surface area contributed by atoms with Crippen molar-refractivity contribution < 1.29 is 4.39 Å². The van der Waals surface area contributed by atoms with Gasteiger partial charge < -0.3 is 0 Å². The molecule has 0 saturated carbocycles. The highest BCUT2D eigenvalue weighted by molar-refractivity contribution is 9.10. The SMILES string of the molecule is Cc1nc2ccc(Br)cn2c1N=Nc1cccc(F)c1. The van der Waals surface area contributed by atoms with E-state index in [2.05, 4.69) is 31.1 Å². The number of fused-ring (bicyclic) bond motifs is 1. The molecule has 2 heterocycles. The average molecular weight is 333 g/mol. The first-order valence-electron chi connectivity index (χ1n) is 5.95. The van der Waals surface area contributed by atoms with E-state index in [9.17, 15) is 4.39 Å². The zero-order valence-corrected chi connectivity index (χ0v) is 12.2. The van der Waals surface area contributed by atoms with Crippen molar-refractivity contribution in [3.63, 3.8) is 0 Å². The Balaban J connectivity index is 2.06. The van der Waals surface area contributed by atoms with Crippen molar-refractivity contribution in [3.05, 3.63) is 58.6 Å². The normalized spacial score (nSPS) is 11.6. The van der Waals surface area contributed by atoms with E-state index in [1.165, 1.54) is 12.1 Å². The number of azo groups is 1. The summed E-state index contributed by atoms with van der Waals surface area (Å²) in [5.74, 6) is 0.296. The predicted molar refractivity (Wildman–Crippen MR) is 78.2 cm³/mol. The molecule has 100 valence electrons. The minimum absolute atomic E-state index is 0.334. The number of pyridine rings is 1. The third-order valence-electron chi connectivity index (χ3n) is 2.79. The van der Waals surface area contributed by atoms with Crippen LogP contribution in [0.1, 0.15) is 5.69 Å². The molecule has 0 aliphatic rings. The summed E-state index contributed by atoms with van der Waals surface area (Å²) in [5, 5.41) is 8.24. The molecule has 6 heteroatoms. The molecule has 0 N–H and O–H groups in total. The third-order valence-corrected chi connectivity index (χ3v) is 3.26. The molecule has 0 radical (unpaired) electrons. The molecular formula is C14H10BrFN4. The van der Waals surface area contributed by atoms with Crippen molar-refractivity contribution in [2.75, 3.05) is 0 Å². The molecule has 3 aromatic rings. The quantitative estimate of drug-likeness (QED) is 0.611. The predicted octanol–water partition coefficient (Wildman–Crippen LogP) is 4.96. The summed E-state index contributed by atoms with van der Waals surface area (Å²) in [4.78, 5) is 4.40. The monoisotopic (exact) mass is 332 g/mol. The van der Waals surface area contributed by atoms with E-state index in [4.69, 9.17) is 0 Å². The van der Waals surface area contributed by atoms with Crippen molar-refractivity contribution in [1.82, 2.24) is 9.38 Å². The third kappa shape index (κ3) is 2.46. The average Bonchev–Trinajstić information content (AvgIpc) is 2.72. The van der Waals surface area contributed by atoms with Gasteiger partial charge in [0.25, 0.3) is 0 Å². The van der Waals surface area contributed by atoms with Crippen LogP contribution in [0.15, 0.2) is 57.3 Å². The van der Waals surface area contributed by atoms with E-state index >= 15 is 0 Å². The largest absolute Gasteiger partial charge is 0.282 e. The van der Waals surface area contributed by atoms with Crippen LogP contribution in [0.4, 0.5) is 15.9 Å². The Bertz CT molecular complexity index is 810. The van der Waals surface area contributed by atoms with Crippen molar-refractivity contribution >= 4 is 33.1 Å². The number of hydrogen-bond donors (Lipinski definition) is 0. The molecule has 1 aromatic carbocycles. The van der Waals surface area contributed by atoms with Crippen molar-refractivity contribution in [2.24, 2.45) is 10.2 Å². The summed E-state index contributed by atoms with van der Waals surface area (Å²) in [7, 11) is 0. The summed E-state index contributed by atoms with van der Waals surface area (Å²) in [6.45, 7) is 1.86. The molecular weight excluding hydrogens is 323 g/mol. The van der Waals surface area contributed by atoms with E-state index in [0.29, 0.717) is 11.5 Å². The Hall–Kier alpha value is -2.08. The van der Waals surface area contributed by atoms with E-state index in [1.807, 2.05) is 29.7 Å². The molecule has 0 spiro atoms. The first-order valence-corrected chi connectivity index (χ1v) is 6.74. The van der Waals surface area contributed by atoms with Gasteiger partial charge in [-0.1, -0.05) is 6.07 Å². The number of benzene rings is 1. The van der Waals surface area contributed by atoms with Crippen LogP contribution in [0.2, 0.25) is 0 Å². The lowest BCUT2D eigenvalue weighted by Gasteiger charge is -1.97. The zero-order valence-electron chi connectivity index (χ0n) is 10.6. The van der Waals surface area contributed by atoms with Crippen LogP contribution in [0.3, 0.4) is 0 Å². The molecule has 20 heavy (non-hydrogen) atoms. The fourth-order valence-corrected chi connectivity index (χ4v) is 2.22. The van der Waals surface area contributed by atoms with Crippen LogP contribution in [0.5, 0.6) is 0 Å². The molecule has 0 atom stereocenters. The Labute approximate surface area is 123 Å². The van der Waals surface area contributed by atoms with Crippen LogP contribution in [0.25, 0.3) is 5.65 Å². The molecule has 2 aromatic heterocycles. The Morgan fingerprint density at radius 2 is 2.05 bits per heavy atom. The number of aromatic nitrogens is 2. The van der Waals surface area contributed by atoms with Gasteiger partial charge in [-0.3, -0.25) is 4.40 Å². The number of halogens is 2. The van der Waals surface area contributed by atoms with Gasteiger partial charge in [0.1, 0.15) is 11.5 Å². The molecule has 0 fully saturated rings. The van der Waals surface area contributed by atoms with Crippen LogP contribution in [-0.4, -0.2) is 9.38 Å². The van der Waals surface area contributed by atoms with Gasteiger partial charge in [-0.25, -0.2) is 9.37 Å². The molecule has 0 unspecified atom stereocenters. The van der Waals surface area contributed by atoms with Crippen molar-refractivity contribution in [3.8, 4) is 0 Å². The molecule has 0 bridgehead atoms. The second-order valence-corrected chi connectivity index (χ2v) is 5.19. The van der Waals surface area contributed by atoms with Gasteiger partial charge >= 0.3 is 0 Å². The maximum absolute atomic E-state index is 13.1. The number of imidazole rings is 1. The Morgan fingerprint density at radius 3 is 2.85 bits per heavy atom. The van der Waals surface area contributed by atoms with Crippen LogP contribution in [-0.2, 0) is 0 Å². The first-order chi connectivity index (χ1) is 9.63. The molecule has 0 aliphatic carbocycles. The molecule has 0 saturated heterocycles. The van der Waals surface area contributed by atoms with Crippen LogP contribution >= 0.6 is 15.9 Å². The van der Waals surface area contributed by atoms with Crippen LogP contribution in [0, 0.1) is 12.7 Å². The summed E-state index contributed by atoms with van der Waals surface area (Å²) in [5.41, 5.74) is 2.02. The lowest BCUT2D eigenvalue weighted by Crippen LogP contribution is -1.82. The second kappa shape index (κ2) is 5.13. The molecule has 0 aliphatic heterocycles. The van der Waals surface area contributed by atoms with Crippen molar-refractivity contribution in [2.45, 2.75) is 6.92 Å². The number of aryl methyl sites for hydroxylation is 1. The summed E-state index contributed by atoms with van der Waals surface area (Å²) >= 11 is 3.41. The second-order valence-electron chi connectivity index (χ2n) is 4.28. The lowest BCUT2D eigenvalue weighted by molar-refractivity contribution is 0.628. The number of nitrogens with zero attached hydrogens (tertiary/aromatic N) is 4. The highest BCUT2D eigenvalue weighted by Gasteiger charge is 2.08. The highest BCUT2D eigenvalue weighted by Crippen LogP contribution is 2.25.